The lowest BCUT2D eigenvalue weighted by Gasteiger charge is -2.36. The van der Waals surface area contributed by atoms with Gasteiger partial charge in [-0.3, -0.25) is 33.9 Å². The first-order valence-corrected chi connectivity index (χ1v) is 19.9. The molecule has 0 radical (unpaired) electrons. The Morgan fingerprint density at radius 3 is 2.52 bits per heavy atom. The molecule has 316 valence electrons. The van der Waals surface area contributed by atoms with Crippen LogP contribution in [-0.2, 0) is 23.9 Å². The molecule has 3 aliphatic heterocycles. The van der Waals surface area contributed by atoms with Crippen LogP contribution in [-0.4, -0.2) is 142 Å². The Morgan fingerprint density at radius 2 is 1.72 bits per heavy atom. The zero-order chi connectivity index (χ0) is 42.3. The van der Waals surface area contributed by atoms with E-state index < -0.39 is 30.4 Å². The molecule has 1 unspecified atom stereocenters. The largest absolute Gasteiger partial charge is 0.483 e. The molecule has 20 heteroatoms. The summed E-state index contributed by atoms with van der Waals surface area (Å²) in [5.74, 6) is -1.14. The van der Waals surface area contributed by atoms with Gasteiger partial charge in [0.25, 0.3) is 17.7 Å². The fourth-order valence-electron chi connectivity index (χ4n) is 7.36. The first-order valence-electron chi connectivity index (χ1n) is 19.9. The molecule has 2 saturated heterocycles. The topological polar surface area (TPSA) is 241 Å². The first-order chi connectivity index (χ1) is 29.7. The molecule has 61 heavy (non-hydrogen) atoms. The van der Waals surface area contributed by atoms with Crippen molar-refractivity contribution >= 4 is 58.2 Å². The molecule has 5 aromatic rings. The number of hydrogen-bond donors (Lipinski definition) is 4. The Balaban J connectivity index is 0.703. The number of rotatable bonds is 16. The summed E-state index contributed by atoms with van der Waals surface area (Å²) in [6.45, 7) is 3.32. The summed E-state index contributed by atoms with van der Waals surface area (Å²) >= 11 is 0. The van der Waals surface area contributed by atoms with Crippen LogP contribution in [0.15, 0.2) is 73.4 Å². The predicted molar refractivity (Wildman–Crippen MR) is 220 cm³/mol. The number of carbonyl (C=O) groups is 5. The smallest absolute Gasteiger partial charge is 0.266 e. The number of carbonyl (C=O) groups excluding carboxylic acids is 5. The van der Waals surface area contributed by atoms with Crippen molar-refractivity contribution in [2.75, 3.05) is 88.3 Å². The fourth-order valence-corrected chi connectivity index (χ4v) is 7.36. The zero-order valence-corrected chi connectivity index (χ0v) is 33.1. The Bertz CT molecular complexity index is 2440. The summed E-state index contributed by atoms with van der Waals surface area (Å²) < 4.78 is 18.6. The van der Waals surface area contributed by atoms with Gasteiger partial charge in [0.15, 0.2) is 18.1 Å². The minimum absolute atomic E-state index is 0.0420. The average molecular weight is 833 g/mol. The number of anilines is 4. The molecule has 2 aromatic carbocycles. The molecule has 0 bridgehead atoms. The quantitative estimate of drug-likeness (QED) is 0.0809. The molecule has 0 aliphatic carbocycles. The molecular formula is C41H44N12O8. The monoisotopic (exact) mass is 832 g/mol. The van der Waals surface area contributed by atoms with Crippen molar-refractivity contribution in [2.45, 2.75) is 18.9 Å². The van der Waals surface area contributed by atoms with Crippen LogP contribution in [0.25, 0.3) is 17.0 Å². The van der Waals surface area contributed by atoms with Crippen molar-refractivity contribution in [3.05, 3.63) is 84.6 Å². The van der Waals surface area contributed by atoms with Crippen LogP contribution in [0.3, 0.4) is 0 Å². The molecule has 2 fully saturated rings. The van der Waals surface area contributed by atoms with Crippen LogP contribution in [0.4, 0.5) is 23.0 Å². The molecule has 3 aliphatic rings. The highest BCUT2D eigenvalue weighted by Gasteiger charge is 2.45. The number of imide groups is 1. The number of piperidine rings is 1. The summed E-state index contributed by atoms with van der Waals surface area (Å²) in [6, 6.07) is 11.7. The van der Waals surface area contributed by atoms with Gasteiger partial charge in [-0.25, -0.2) is 15.0 Å². The first kappa shape index (κ1) is 40.6. The molecule has 0 spiro atoms. The summed E-state index contributed by atoms with van der Waals surface area (Å²) in [5, 5.41) is 8.73. The lowest BCUT2D eigenvalue weighted by Crippen LogP contribution is -2.52. The van der Waals surface area contributed by atoms with E-state index in [-0.39, 0.29) is 61.7 Å². The molecule has 8 rings (SSSR count). The summed E-state index contributed by atoms with van der Waals surface area (Å²) in [6.07, 6.45) is 9.48. The SMILES string of the molecule is Nc1cncc(-c2cn3ccnc3c(Nc3ccc(N4CCN(C(=O)COCCOCCNC(=O)COc5cccc6c5C(=O)N(C5CCCNC5=O)C6=O)CC4)cc3)n2)n1. The third-order valence-electron chi connectivity index (χ3n) is 10.4. The number of hydrogen-bond acceptors (Lipinski definition) is 15. The predicted octanol–water partition coefficient (Wildman–Crippen LogP) is 1.26. The van der Waals surface area contributed by atoms with E-state index in [9.17, 15) is 24.0 Å². The number of aromatic nitrogens is 5. The fraction of sp³-hybridized carbons (Fsp3) is 0.341. The normalized spacial score (nSPS) is 16.4. The maximum atomic E-state index is 13.2. The highest BCUT2D eigenvalue weighted by molar-refractivity contribution is 6.24. The van der Waals surface area contributed by atoms with E-state index in [4.69, 9.17) is 24.9 Å². The maximum Gasteiger partial charge on any atom is 0.266 e. The van der Waals surface area contributed by atoms with Crippen molar-refractivity contribution in [2.24, 2.45) is 0 Å². The number of ether oxygens (including phenoxy) is 3. The minimum Gasteiger partial charge on any atom is -0.483 e. The van der Waals surface area contributed by atoms with E-state index in [1.165, 1.54) is 18.3 Å². The Kier molecular flexibility index (Phi) is 12.2. The molecule has 20 nitrogen and oxygen atoms in total. The number of nitrogens with zero attached hydrogens (tertiary/aromatic N) is 8. The van der Waals surface area contributed by atoms with Gasteiger partial charge in [0.05, 0.1) is 43.3 Å². The van der Waals surface area contributed by atoms with Gasteiger partial charge in [-0.2, -0.15) is 0 Å². The van der Waals surface area contributed by atoms with Crippen molar-refractivity contribution in [1.82, 2.24) is 44.8 Å². The Hall–Kier alpha value is -7.19. The molecule has 1 atom stereocenters. The van der Waals surface area contributed by atoms with Crippen LogP contribution in [0.5, 0.6) is 5.75 Å². The van der Waals surface area contributed by atoms with E-state index in [0.29, 0.717) is 74.2 Å². The molecule has 5 N–H and O–H groups in total. The molecular weight excluding hydrogens is 789 g/mol. The zero-order valence-electron chi connectivity index (χ0n) is 33.1. The Labute approximate surface area is 349 Å². The lowest BCUT2D eigenvalue weighted by molar-refractivity contribution is -0.137. The number of nitrogens with two attached hydrogens (primary N) is 1. The second kappa shape index (κ2) is 18.4. The maximum absolute atomic E-state index is 13.2. The number of fused-ring (bicyclic) bond motifs is 2. The van der Waals surface area contributed by atoms with E-state index in [2.05, 4.69) is 35.8 Å². The van der Waals surface area contributed by atoms with Gasteiger partial charge in [0.2, 0.25) is 11.8 Å². The molecule has 5 amide bonds. The van der Waals surface area contributed by atoms with Gasteiger partial charge in [-0.15, -0.1) is 0 Å². The third-order valence-corrected chi connectivity index (χ3v) is 10.4. The van der Waals surface area contributed by atoms with Crippen LogP contribution in [0.2, 0.25) is 0 Å². The third kappa shape index (κ3) is 9.19. The van der Waals surface area contributed by atoms with Crippen molar-refractivity contribution in [1.29, 1.82) is 0 Å². The van der Waals surface area contributed by atoms with Gasteiger partial charge in [-0.05, 0) is 49.2 Å². The van der Waals surface area contributed by atoms with Crippen LogP contribution < -0.4 is 31.3 Å². The van der Waals surface area contributed by atoms with Crippen molar-refractivity contribution < 1.29 is 38.2 Å². The van der Waals surface area contributed by atoms with Gasteiger partial charge in [0.1, 0.15) is 35.6 Å². The number of imidazole rings is 1. The minimum atomic E-state index is -0.879. The highest BCUT2D eigenvalue weighted by atomic mass is 16.5. The van der Waals surface area contributed by atoms with E-state index in [1.54, 1.807) is 23.4 Å². The highest BCUT2D eigenvalue weighted by Crippen LogP contribution is 2.33. The number of amides is 5. The molecule has 0 saturated carbocycles. The summed E-state index contributed by atoms with van der Waals surface area (Å²) in [5.41, 5.74) is 9.67. The van der Waals surface area contributed by atoms with Crippen molar-refractivity contribution in [3.8, 4) is 17.1 Å². The summed E-state index contributed by atoms with van der Waals surface area (Å²) in [4.78, 5) is 86.5. The van der Waals surface area contributed by atoms with Crippen LogP contribution in [0, 0.1) is 0 Å². The van der Waals surface area contributed by atoms with E-state index in [1.807, 2.05) is 41.1 Å². The summed E-state index contributed by atoms with van der Waals surface area (Å²) in [7, 11) is 0. The van der Waals surface area contributed by atoms with E-state index in [0.717, 1.165) is 16.3 Å². The number of piperazine rings is 1. The van der Waals surface area contributed by atoms with Crippen LogP contribution >= 0.6 is 0 Å². The van der Waals surface area contributed by atoms with E-state index >= 15 is 0 Å². The van der Waals surface area contributed by atoms with Crippen molar-refractivity contribution in [3.63, 3.8) is 0 Å². The van der Waals surface area contributed by atoms with Crippen LogP contribution in [0.1, 0.15) is 33.6 Å². The lowest BCUT2D eigenvalue weighted by atomic mass is 10.1. The molecule has 6 heterocycles. The van der Waals surface area contributed by atoms with Gasteiger partial charge in [0, 0.05) is 69.2 Å². The second-order valence-corrected chi connectivity index (χ2v) is 14.4. The number of nitrogen functional groups attached to an aromatic ring is 1. The standard InChI is InChI=1S/C41H44N12O8/c42-33-22-43-21-29(48-33)30-23-52-13-11-45-38(52)37(49-30)47-26-6-8-27(9-7-26)50-14-16-51(17-15-50)35(55)25-60-20-19-59-18-12-44-34(54)24-61-32-5-1-3-28-36(32)41(58)53(40(28)57)31-4-2-10-46-39(31)56/h1,3,5-9,11,13,21-23,31H,2,4,10,12,14-20,24-25H2,(H2,42,48)(H,44,54)(H,46,56)(H,47,49). The number of nitrogens with one attached hydrogen (secondary N) is 3. The van der Waals surface area contributed by atoms with Gasteiger partial charge < -0.3 is 50.1 Å². The molecule has 3 aromatic heterocycles. The number of benzene rings is 2. The van der Waals surface area contributed by atoms with Gasteiger partial charge >= 0.3 is 0 Å². The van der Waals surface area contributed by atoms with Gasteiger partial charge in [-0.1, -0.05) is 6.07 Å². The average Bonchev–Trinajstić information content (AvgIpc) is 3.86. The Morgan fingerprint density at radius 1 is 0.902 bits per heavy atom. The second-order valence-electron chi connectivity index (χ2n) is 14.4.